The van der Waals surface area contributed by atoms with Crippen molar-refractivity contribution in [1.29, 1.82) is 0 Å². The van der Waals surface area contributed by atoms with Crippen LogP contribution in [0.15, 0.2) is 77.7 Å². The van der Waals surface area contributed by atoms with Crippen LogP contribution in [0.1, 0.15) is 42.4 Å². The number of alkyl halides is 3. The van der Waals surface area contributed by atoms with Gasteiger partial charge in [-0.2, -0.15) is 0 Å². The Hall–Kier alpha value is -3.74. The molecular formula is C32H38F3N3O5S. The molecule has 4 rings (SSSR count). The minimum absolute atomic E-state index is 0.0824. The maximum Gasteiger partial charge on any atom is 0.573 e. The standard InChI is InChI=1S/C31H36F3N3O4S.CH2O/c1-35-42(39,40)29-10-5-3-4-8-27(29)24-15-11-23(12-16-24)21-37(2)30(38)28-9-6-7-25(28)20-36-19-22-13-17-26(18-14-22)41-31(32,33)34;1-2/h3-4,8,10-18,25,28,35-36H,5-7,9,19-21H2,1-2H3;1H2/t25-,28?;/m0./s1. The number of hydrogen-bond acceptors (Lipinski definition) is 6. The lowest BCUT2D eigenvalue weighted by molar-refractivity contribution is -0.274. The third-order valence-electron chi connectivity index (χ3n) is 7.59. The highest BCUT2D eigenvalue weighted by atomic mass is 32.2. The van der Waals surface area contributed by atoms with Crippen molar-refractivity contribution in [1.82, 2.24) is 14.9 Å². The van der Waals surface area contributed by atoms with E-state index >= 15 is 0 Å². The molecule has 0 saturated heterocycles. The zero-order valence-corrected chi connectivity index (χ0v) is 25.6. The maximum atomic E-state index is 13.4. The highest BCUT2D eigenvalue weighted by molar-refractivity contribution is 7.94. The summed E-state index contributed by atoms with van der Waals surface area (Å²) >= 11 is 0. The van der Waals surface area contributed by atoms with E-state index in [9.17, 15) is 26.4 Å². The fourth-order valence-electron chi connectivity index (χ4n) is 5.45. The van der Waals surface area contributed by atoms with Crippen molar-refractivity contribution in [3.8, 4) is 5.75 Å². The summed E-state index contributed by atoms with van der Waals surface area (Å²) in [5.74, 6) is -0.109. The molecule has 1 amide bonds. The summed E-state index contributed by atoms with van der Waals surface area (Å²) in [5.41, 5.74) is 3.15. The van der Waals surface area contributed by atoms with Gasteiger partial charge in [0.1, 0.15) is 12.5 Å². The molecule has 1 fully saturated rings. The quantitative estimate of drug-likeness (QED) is 0.346. The number of carbonyl (C=O) groups excluding carboxylic acids is 2. The molecule has 2 N–H and O–H groups in total. The van der Waals surface area contributed by atoms with Crippen LogP contribution in [0.25, 0.3) is 5.57 Å². The SMILES string of the molecule is C=O.CNS(=O)(=O)C1=CCC=CC=C1c1ccc(CN(C)C(=O)C2CCC[C@H]2CNCc2ccc(OC(F)(F)F)cc2)cc1. The van der Waals surface area contributed by atoms with Gasteiger partial charge in [-0.15, -0.1) is 13.2 Å². The fourth-order valence-corrected chi connectivity index (χ4v) is 6.47. The number of nitrogens with zero attached hydrogens (tertiary/aromatic N) is 1. The largest absolute Gasteiger partial charge is 0.573 e. The van der Waals surface area contributed by atoms with Gasteiger partial charge < -0.3 is 19.7 Å². The van der Waals surface area contributed by atoms with Gasteiger partial charge in [0.2, 0.25) is 15.9 Å². The molecule has 0 bridgehead atoms. The first-order valence-corrected chi connectivity index (χ1v) is 15.6. The van der Waals surface area contributed by atoms with Crippen LogP contribution >= 0.6 is 0 Å². The normalized spacial score (nSPS) is 18.4. The predicted octanol–water partition coefficient (Wildman–Crippen LogP) is 5.34. The molecule has 0 aliphatic heterocycles. The number of benzene rings is 2. The van der Waals surface area contributed by atoms with Crippen LogP contribution in [-0.2, 0) is 32.7 Å². The minimum atomic E-state index is -4.72. The smallest absolute Gasteiger partial charge is 0.406 e. The second kappa shape index (κ2) is 15.8. The van der Waals surface area contributed by atoms with Crippen LogP contribution in [0.3, 0.4) is 0 Å². The molecule has 2 aromatic carbocycles. The lowest BCUT2D eigenvalue weighted by atomic mass is 9.94. The van der Waals surface area contributed by atoms with Crippen LogP contribution in [0.5, 0.6) is 5.75 Å². The molecule has 44 heavy (non-hydrogen) atoms. The van der Waals surface area contributed by atoms with E-state index in [-0.39, 0.29) is 28.4 Å². The van der Waals surface area contributed by atoms with Crippen molar-refractivity contribution in [2.75, 3.05) is 20.6 Å². The molecule has 12 heteroatoms. The van der Waals surface area contributed by atoms with Gasteiger partial charge in [-0.05, 0) is 67.6 Å². The van der Waals surface area contributed by atoms with Crippen LogP contribution in [0, 0.1) is 11.8 Å². The van der Waals surface area contributed by atoms with Gasteiger partial charge in [0.15, 0.2) is 0 Å². The van der Waals surface area contributed by atoms with Crippen molar-refractivity contribution in [2.24, 2.45) is 11.8 Å². The van der Waals surface area contributed by atoms with Crippen molar-refractivity contribution in [2.45, 2.75) is 45.1 Å². The number of halogens is 3. The van der Waals surface area contributed by atoms with Crippen LogP contribution in [0.4, 0.5) is 13.2 Å². The summed E-state index contributed by atoms with van der Waals surface area (Å²) in [5, 5.41) is 3.35. The molecular weight excluding hydrogens is 595 g/mol. The van der Waals surface area contributed by atoms with E-state index in [2.05, 4.69) is 14.8 Å². The van der Waals surface area contributed by atoms with Gasteiger partial charge in [-0.3, -0.25) is 4.79 Å². The Morgan fingerprint density at radius 3 is 2.34 bits per heavy atom. The molecule has 0 spiro atoms. The summed E-state index contributed by atoms with van der Waals surface area (Å²) in [7, 11) is -0.436. The molecule has 2 aliphatic carbocycles. The first-order chi connectivity index (χ1) is 21.0. The topological polar surface area (TPSA) is 105 Å². The number of hydrogen-bond donors (Lipinski definition) is 2. The van der Waals surface area contributed by atoms with Crippen molar-refractivity contribution in [3.05, 3.63) is 94.4 Å². The highest BCUT2D eigenvalue weighted by Gasteiger charge is 2.34. The van der Waals surface area contributed by atoms with Crippen LogP contribution < -0.4 is 14.8 Å². The van der Waals surface area contributed by atoms with E-state index in [0.717, 1.165) is 36.0 Å². The summed E-state index contributed by atoms with van der Waals surface area (Å²) in [6.45, 7) is 3.54. The van der Waals surface area contributed by atoms with E-state index in [1.807, 2.05) is 43.2 Å². The monoisotopic (exact) mass is 633 g/mol. The van der Waals surface area contributed by atoms with E-state index in [1.165, 1.54) is 19.2 Å². The van der Waals surface area contributed by atoms with Crippen LogP contribution in [0.2, 0.25) is 0 Å². The first-order valence-electron chi connectivity index (χ1n) is 14.2. The molecule has 0 radical (unpaired) electrons. The Morgan fingerprint density at radius 2 is 1.70 bits per heavy atom. The predicted molar refractivity (Wildman–Crippen MR) is 163 cm³/mol. The van der Waals surface area contributed by atoms with Crippen molar-refractivity contribution < 1.29 is 35.9 Å². The summed E-state index contributed by atoms with van der Waals surface area (Å²) in [6, 6.07) is 13.3. The van der Waals surface area contributed by atoms with Gasteiger partial charge >= 0.3 is 6.36 Å². The number of sulfonamides is 1. The molecule has 2 atom stereocenters. The van der Waals surface area contributed by atoms with E-state index in [4.69, 9.17) is 4.79 Å². The molecule has 2 aliphatic rings. The lowest BCUT2D eigenvalue weighted by Crippen LogP contribution is -2.37. The molecule has 0 aromatic heterocycles. The van der Waals surface area contributed by atoms with E-state index in [1.54, 1.807) is 36.2 Å². The van der Waals surface area contributed by atoms with Gasteiger partial charge in [0, 0.05) is 31.6 Å². The van der Waals surface area contributed by atoms with Gasteiger partial charge in [-0.25, -0.2) is 13.1 Å². The molecule has 0 heterocycles. The minimum Gasteiger partial charge on any atom is -0.406 e. The number of carbonyl (C=O) groups is 2. The Labute approximate surface area is 256 Å². The van der Waals surface area contributed by atoms with Gasteiger partial charge in [0.25, 0.3) is 0 Å². The second-order valence-electron chi connectivity index (χ2n) is 10.5. The Kier molecular flexibility index (Phi) is 12.5. The van der Waals surface area contributed by atoms with Crippen LogP contribution in [-0.4, -0.2) is 53.0 Å². The van der Waals surface area contributed by atoms with Crippen molar-refractivity contribution >= 4 is 28.3 Å². The Balaban J connectivity index is 0.00000259. The lowest BCUT2D eigenvalue weighted by Gasteiger charge is -2.26. The Morgan fingerprint density at radius 1 is 1.05 bits per heavy atom. The number of allylic oxidation sites excluding steroid dienone is 5. The molecule has 1 saturated carbocycles. The number of ether oxygens (including phenoxy) is 1. The Bertz CT molecular complexity index is 1450. The maximum absolute atomic E-state index is 13.4. The van der Waals surface area contributed by atoms with Gasteiger partial charge in [0.05, 0.1) is 4.91 Å². The molecule has 8 nitrogen and oxygen atoms in total. The fraction of sp³-hybridized carbons (Fsp3) is 0.375. The first kappa shape index (κ1) is 34.7. The summed E-state index contributed by atoms with van der Waals surface area (Å²) in [4.78, 5) is 23.4. The zero-order chi connectivity index (χ0) is 32.3. The molecule has 238 valence electrons. The third-order valence-corrected chi connectivity index (χ3v) is 9.09. The van der Waals surface area contributed by atoms with E-state index in [0.29, 0.717) is 31.6 Å². The number of rotatable bonds is 11. The number of nitrogens with one attached hydrogen (secondary N) is 2. The average molecular weight is 634 g/mol. The summed E-state index contributed by atoms with van der Waals surface area (Å²) in [6.07, 6.45) is 5.74. The van der Waals surface area contributed by atoms with Crippen molar-refractivity contribution in [3.63, 3.8) is 0 Å². The third kappa shape index (κ3) is 9.63. The highest BCUT2D eigenvalue weighted by Crippen LogP contribution is 2.33. The second-order valence-corrected chi connectivity index (χ2v) is 12.4. The summed E-state index contributed by atoms with van der Waals surface area (Å²) < 4.78 is 68.6. The zero-order valence-electron chi connectivity index (χ0n) is 24.8. The van der Waals surface area contributed by atoms with E-state index < -0.39 is 16.4 Å². The average Bonchev–Trinajstić information content (AvgIpc) is 3.32. The molecule has 2 aromatic rings. The molecule has 1 unspecified atom stereocenters. The van der Waals surface area contributed by atoms with Gasteiger partial charge in [-0.1, -0.05) is 67.1 Å². The number of amides is 1.